The minimum Gasteiger partial charge on any atom is -0.463 e. The quantitative estimate of drug-likeness (QED) is 0.518. The Morgan fingerprint density at radius 3 is 2.00 bits per heavy atom. The number of fused-ring (bicyclic) bond motifs is 1. The molecule has 0 amide bonds. The highest BCUT2D eigenvalue weighted by Gasteiger charge is 2.39. The van der Waals surface area contributed by atoms with Gasteiger partial charge in [0.2, 0.25) is 0 Å². The van der Waals surface area contributed by atoms with Gasteiger partial charge in [0.15, 0.2) is 0 Å². The molecule has 4 rings (SSSR count). The first kappa shape index (κ1) is 25.2. The molecule has 0 saturated heterocycles. The van der Waals surface area contributed by atoms with E-state index in [1.54, 1.807) is 19.9 Å². The number of nitrogens with two attached hydrogens (primary N) is 1. The number of benzene rings is 2. The van der Waals surface area contributed by atoms with E-state index in [4.69, 9.17) is 15.2 Å². The molecule has 0 saturated carbocycles. The molecule has 0 unspecified atom stereocenters. The zero-order valence-electron chi connectivity index (χ0n) is 20.7. The Bertz CT molecular complexity index is 1530. The van der Waals surface area contributed by atoms with Crippen molar-refractivity contribution in [1.29, 1.82) is 0 Å². The van der Waals surface area contributed by atoms with E-state index in [1.807, 2.05) is 62.4 Å². The summed E-state index contributed by atoms with van der Waals surface area (Å²) in [5.74, 6) is -2.20. The number of aryl methyl sites for hydroxylation is 2. The fourth-order valence-electron chi connectivity index (χ4n) is 4.17. The number of carbonyl (C=O) groups excluding carboxylic acids is 2. The van der Waals surface area contributed by atoms with Crippen LogP contribution in [0.15, 0.2) is 58.9 Å². The fraction of sp³-hybridized carbons (Fsp3) is 0.250. The summed E-state index contributed by atoms with van der Waals surface area (Å²) in [5.41, 5.74) is 9.94. The van der Waals surface area contributed by atoms with Crippen molar-refractivity contribution in [1.82, 2.24) is 4.57 Å². The number of esters is 2. The second kappa shape index (κ2) is 10.4. The minimum atomic E-state index is -0.853. The number of ether oxygens (including phenoxy) is 2. The third-order valence-electron chi connectivity index (χ3n) is 5.92. The summed E-state index contributed by atoms with van der Waals surface area (Å²) in [5, 5.41) is 0. The van der Waals surface area contributed by atoms with Crippen LogP contribution in [0.4, 0.5) is 0 Å². The van der Waals surface area contributed by atoms with Gasteiger partial charge in [0, 0.05) is 0 Å². The third kappa shape index (κ3) is 4.64. The van der Waals surface area contributed by atoms with Crippen molar-refractivity contribution in [2.24, 2.45) is 5.73 Å². The maximum absolute atomic E-state index is 13.5. The molecular weight excluding hydrogens is 476 g/mol. The van der Waals surface area contributed by atoms with Gasteiger partial charge in [-0.05, 0) is 44.9 Å². The molecule has 0 bridgehead atoms. The molecule has 186 valence electrons. The average molecular weight is 505 g/mol. The molecule has 7 nitrogen and oxygen atoms in total. The van der Waals surface area contributed by atoms with Crippen LogP contribution in [0.3, 0.4) is 0 Å². The summed E-state index contributed by atoms with van der Waals surface area (Å²) in [6.07, 6.45) is 1.75. The molecule has 1 atom stereocenters. The number of carbonyl (C=O) groups is 2. The Kier molecular flexibility index (Phi) is 7.26. The monoisotopic (exact) mass is 504 g/mol. The van der Waals surface area contributed by atoms with E-state index in [-0.39, 0.29) is 30.2 Å². The molecule has 0 aliphatic carbocycles. The van der Waals surface area contributed by atoms with E-state index in [1.165, 1.54) is 4.57 Å². The van der Waals surface area contributed by atoms with Crippen LogP contribution in [-0.2, 0) is 19.1 Å². The maximum Gasteiger partial charge on any atom is 0.338 e. The maximum atomic E-state index is 13.5. The van der Waals surface area contributed by atoms with Crippen molar-refractivity contribution in [3.8, 4) is 0 Å². The predicted octanol–water partition coefficient (Wildman–Crippen LogP) is 2.56. The van der Waals surface area contributed by atoms with E-state index in [2.05, 4.69) is 0 Å². The molecule has 0 fully saturated rings. The molecule has 2 heterocycles. The molecule has 1 aliphatic rings. The van der Waals surface area contributed by atoms with E-state index in [9.17, 15) is 14.4 Å². The lowest BCUT2D eigenvalue weighted by Gasteiger charge is -2.27. The molecule has 1 aliphatic heterocycles. The second-order valence-electron chi connectivity index (χ2n) is 8.46. The summed E-state index contributed by atoms with van der Waals surface area (Å²) >= 11 is 1.15. The Labute approximate surface area is 212 Å². The first-order chi connectivity index (χ1) is 17.3. The Hall–Kier alpha value is -3.91. The Morgan fingerprint density at radius 2 is 1.44 bits per heavy atom. The topological polar surface area (TPSA) is 101 Å². The van der Waals surface area contributed by atoms with Gasteiger partial charge in [0.25, 0.3) is 5.56 Å². The molecule has 0 radical (unpaired) electrons. The van der Waals surface area contributed by atoms with Crippen LogP contribution >= 0.6 is 11.3 Å². The summed E-state index contributed by atoms with van der Waals surface area (Å²) in [4.78, 5) is 40.1. The number of hydrogen-bond acceptors (Lipinski definition) is 7. The molecule has 2 aromatic carbocycles. The highest BCUT2D eigenvalue weighted by Crippen LogP contribution is 2.37. The lowest BCUT2D eigenvalue weighted by molar-refractivity contribution is -0.138. The third-order valence-corrected chi connectivity index (χ3v) is 7.03. The lowest BCUT2D eigenvalue weighted by Crippen LogP contribution is -2.42. The zero-order chi connectivity index (χ0) is 26.0. The van der Waals surface area contributed by atoms with E-state index < -0.39 is 23.4 Å². The van der Waals surface area contributed by atoms with Gasteiger partial charge in [-0.15, -0.1) is 11.3 Å². The number of rotatable bonds is 6. The van der Waals surface area contributed by atoms with Crippen molar-refractivity contribution >= 4 is 40.7 Å². The van der Waals surface area contributed by atoms with Crippen LogP contribution in [0.5, 0.6) is 0 Å². The number of nitrogens with zero attached hydrogens (tertiary/aromatic N) is 1. The van der Waals surface area contributed by atoms with Gasteiger partial charge in [-0.25, -0.2) is 9.59 Å². The molecule has 2 N–H and O–H groups in total. The summed E-state index contributed by atoms with van der Waals surface area (Å²) < 4.78 is 12.7. The van der Waals surface area contributed by atoms with Crippen LogP contribution in [0.25, 0.3) is 17.5 Å². The molecule has 36 heavy (non-hydrogen) atoms. The minimum absolute atomic E-state index is 0.0399. The van der Waals surface area contributed by atoms with Crippen LogP contribution in [-0.4, -0.2) is 29.7 Å². The summed E-state index contributed by atoms with van der Waals surface area (Å²) in [6.45, 7) is 7.57. The second-order valence-corrected chi connectivity index (χ2v) is 9.49. The fourth-order valence-corrected chi connectivity index (χ4v) is 5.33. The van der Waals surface area contributed by atoms with Gasteiger partial charge in [-0.2, -0.15) is 0 Å². The van der Waals surface area contributed by atoms with Crippen LogP contribution in [0.1, 0.15) is 42.0 Å². The van der Waals surface area contributed by atoms with Crippen molar-refractivity contribution in [2.75, 3.05) is 13.2 Å². The number of thiazole rings is 1. The highest BCUT2D eigenvalue weighted by molar-refractivity contribution is 7.07. The van der Waals surface area contributed by atoms with Crippen LogP contribution in [0, 0.1) is 13.8 Å². The zero-order valence-corrected chi connectivity index (χ0v) is 21.5. The van der Waals surface area contributed by atoms with Gasteiger partial charge in [-0.3, -0.25) is 9.36 Å². The van der Waals surface area contributed by atoms with Gasteiger partial charge in [0.1, 0.15) is 10.5 Å². The smallest absolute Gasteiger partial charge is 0.338 e. The number of hydrogen-bond donors (Lipinski definition) is 1. The Balaban J connectivity index is 2.10. The predicted molar refractivity (Wildman–Crippen MR) is 141 cm³/mol. The van der Waals surface area contributed by atoms with Crippen LogP contribution in [0.2, 0.25) is 0 Å². The van der Waals surface area contributed by atoms with Crippen LogP contribution < -0.4 is 20.5 Å². The van der Waals surface area contributed by atoms with Gasteiger partial charge < -0.3 is 15.2 Å². The molecule has 3 aromatic rings. The van der Waals surface area contributed by atoms with Crippen molar-refractivity contribution < 1.29 is 19.1 Å². The van der Waals surface area contributed by atoms with Crippen molar-refractivity contribution in [2.45, 2.75) is 33.6 Å². The van der Waals surface area contributed by atoms with E-state index >= 15 is 0 Å². The van der Waals surface area contributed by atoms with Gasteiger partial charge >= 0.3 is 11.9 Å². The average Bonchev–Trinajstić information content (AvgIpc) is 3.17. The van der Waals surface area contributed by atoms with E-state index in [0.29, 0.717) is 14.8 Å². The first-order valence-corrected chi connectivity index (χ1v) is 12.5. The molecule has 1 aromatic heterocycles. The Morgan fingerprint density at radius 1 is 0.917 bits per heavy atom. The first-order valence-electron chi connectivity index (χ1n) is 11.7. The lowest BCUT2D eigenvalue weighted by atomic mass is 9.83. The number of aromatic nitrogens is 1. The largest absolute Gasteiger partial charge is 0.463 e. The highest BCUT2D eigenvalue weighted by atomic mass is 32.1. The van der Waals surface area contributed by atoms with Crippen molar-refractivity contribution in [3.63, 3.8) is 0 Å². The summed E-state index contributed by atoms with van der Waals surface area (Å²) in [6, 6.07) is 15.2. The van der Waals surface area contributed by atoms with Gasteiger partial charge in [-0.1, -0.05) is 59.7 Å². The van der Waals surface area contributed by atoms with E-state index in [0.717, 1.165) is 28.0 Å². The summed E-state index contributed by atoms with van der Waals surface area (Å²) in [7, 11) is 0. The molecule has 0 spiro atoms. The standard InChI is InChI=1S/C28H28N2O5S/c1-5-34-27(32)22-21(19-13-9-17(4)10-14-19)23(28(33)35-6-2)26-30(24(22)29)25(31)20(36-26)15-18-11-7-16(3)8-12-18/h7-15,21H,5-6,29H2,1-4H3/b20-15-/t21-/m1/s1. The van der Waals surface area contributed by atoms with Gasteiger partial charge in [0.05, 0.1) is 34.8 Å². The SMILES string of the molecule is CCOC(=O)C1=C(N)n2c(s/c(=C\c3ccc(C)cc3)c2=O)=C(C(=O)OCC)[C@@H]1c1ccc(C)cc1. The van der Waals surface area contributed by atoms with Crippen molar-refractivity contribution in [3.05, 3.63) is 95.9 Å². The normalized spacial score (nSPS) is 15.6. The molecular formula is C28H28N2O5S. The molecule has 8 heteroatoms.